The van der Waals surface area contributed by atoms with Crippen molar-refractivity contribution in [2.75, 3.05) is 5.32 Å². The minimum absolute atomic E-state index is 0.116. The predicted molar refractivity (Wildman–Crippen MR) is 109 cm³/mol. The summed E-state index contributed by atoms with van der Waals surface area (Å²) in [6.45, 7) is 6.17. The van der Waals surface area contributed by atoms with Crippen molar-refractivity contribution in [1.29, 1.82) is 0 Å². The Labute approximate surface area is 163 Å². The fourth-order valence-corrected chi connectivity index (χ4v) is 3.11. The second-order valence-electron chi connectivity index (χ2n) is 7.19. The number of nitrogens with one attached hydrogen (secondary N) is 1. The second-order valence-corrected chi connectivity index (χ2v) is 7.19. The molecule has 6 nitrogen and oxygen atoms in total. The van der Waals surface area contributed by atoms with Crippen LogP contribution in [0.15, 0.2) is 59.0 Å². The van der Waals surface area contributed by atoms with Crippen molar-refractivity contribution >= 4 is 22.5 Å². The summed E-state index contributed by atoms with van der Waals surface area (Å²) in [5.41, 5.74) is 3.60. The summed E-state index contributed by atoms with van der Waals surface area (Å²) in [5, 5.41) is 12.3. The fraction of sp³-hybridized carbons (Fsp3) is 0.227. The highest BCUT2D eigenvalue weighted by molar-refractivity contribution is 5.93. The largest absolute Gasteiger partial charge is 0.419 e. The molecule has 142 valence electrons. The SMILES string of the molecule is Cc1ccc(NC(=O)Cn2c(-c3nnc(C(C)C)o3)cc3ccccc32)cc1. The number of para-hydroxylation sites is 1. The van der Waals surface area contributed by atoms with Crippen LogP contribution in [0.1, 0.15) is 31.2 Å². The zero-order valence-corrected chi connectivity index (χ0v) is 16.1. The van der Waals surface area contributed by atoms with Crippen LogP contribution in [0.3, 0.4) is 0 Å². The first-order valence-corrected chi connectivity index (χ1v) is 9.30. The van der Waals surface area contributed by atoms with E-state index < -0.39 is 0 Å². The van der Waals surface area contributed by atoms with Gasteiger partial charge in [0.05, 0.1) is 0 Å². The normalized spacial score (nSPS) is 11.3. The van der Waals surface area contributed by atoms with E-state index in [1.54, 1.807) is 0 Å². The standard InChI is InChI=1S/C22H22N4O2/c1-14(2)21-24-25-22(28-21)19-12-16-6-4-5-7-18(16)26(19)13-20(27)23-17-10-8-15(3)9-11-17/h4-12,14H,13H2,1-3H3,(H,23,27). The van der Waals surface area contributed by atoms with Gasteiger partial charge in [0, 0.05) is 22.5 Å². The van der Waals surface area contributed by atoms with Gasteiger partial charge in [0.1, 0.15) is 12.2 Å². The molecule has 28 heavy (non-hydrogen) atoms. The van der Waals surface area contributed by atoms with Crippen molar-refractivity contribution in [3.8, 4) is 11.6 Å². The second kappa shape index (κ2) is 7.31. The van der Waals surface area contributed by atoms with Crippen LogP contribution in [0, 0.1) is 6.92 Å². The molecule has 2 heterocycles. The number of nitrogens with zero attached hydrogens (tertiary/aromatic N) is 3. The summed E-state index contributed by atoms with van der Waals surface area (Å²) in [7, 11) is 0. The fourth-order valence-electron chi connectivity index (χ4n) is 3.11. The number of carbonyl (C=O) groups excluding carboxylic acids is 1. The van der Waals surface area contributed by atoms with E-state index in [-0.39, 0.29) is 18.4 Å². The number of amides is 1. The topological polar surface area (TPSA) is 73.0 Å². The number of anilines is 1. The summed E-state index contributed by atoms with van der Waals surface area (Å²) in [6.07, 6.45) is 0. The third kappa shape index (κ3) is 3.53. The average Bonchev–Trinajstić information content (AvgIpc) is 3.29. The highest BCUT2D eigenvalue weighted by atomic mass is 16.4. The van der Waals surface area contributed by atoms with Crippen molar-refractivity contribution in [2.45, 2.75) is 33.2 Å². The molecule has 6 heteroatoms. The van der Waals surface area contributed by atoms with Gasteiger partial charge in [-0.15, -0.1) is 10.2 Å². The summed E-state index contributed by atoms with van der Waals surface area (Å²) in [6, 6.07) is 17.6. The minimum atomic E-state index is -0.116. The first kappa shape index (κ1) is 18.0. The Morgan fingerprint density at radius 3 is 2.57 bits per heavy atom. The molecule has 4 rings (SSSR count). The molecule has 0 aliphatic rings. The van der Waals surface area contributed by atoms with E-state index in [1.165, 1.54) is 0 Å². The molecule has 0 unspecified atom stereocenters. The van der Waals surface area contributed by atoms with Crippen molar-refractivity contribution in [1.82, 2.24) is 14.8 Å². The van der Waals surface area contributed by atoms with E-state index in [0.29, 0.717) is 11.8 Å². The molecule has 2 aromatic heterocycles. The minimum Gasteiger partial charge on any atom is -0.419 e. The maximum atomic E-state index is 12.7. The number of fused-ring (bicyclic) bond motifs is 1. The molecule has 0 saturated heterocycles. The molecule has 1 amide bonds. The van der Waals surface area contributed by atoms with Gasteiger partial charge in [-0.2, -0.15) is 0 Å². The number of aryl methyl sites for hydroxylation is 1. The molecule has 0 aliphatic heterocycles. The van der Waals surface area contributed by atoms with E-state index in [0.717, 1.165) is 27.8 Å². The highest BCUT2D eigenvalue weighted by Gasteiger charge is 2.19. The Bertz CT molecular complexity index is 1120. The maximum absolute atomic E-state index is 12.7. The summed E-state index contributed by atoms with van der Waals surface area (Å²) >= 11 is 0. The molecule has 0 bridgehead atoms. The summed E-state index contributed by atoms with van der Waals surface area (Å²) in [4.78, 5) is 12.7. The van der Waals surface area contributed by atoms with Gasteiger partial charge in [-0.25, -0.2) is 0 Å². The molecule has 0 atom stereocenters. The van der Waals surface area contributed by atoms with Gasteiger partial charge in [0.15, 0.2) is 0 Å². The molecule has 1 N–H and O–H groups in total. The van der Waals surface area contributed by atoms with Gasteiger partial charge in [-0.05, 0) is 31.2 Å². The van der Waals surface area contributed by atoms with Crippen LogP contribution in [-0.2, 0) is 11.3 Å². The van der Waals surface area contributed by atoms with Crippen LogP contribution in [0.5, 0.6) is 0 Å². The Kier molecular flexibility index (Phi) is 4.69. The molecule has 0 radical (unpaired) electrons. The highest BCUT2D eigenvalue weighted by Crippen LogP contribution is 2.28. The van der Waals surface area contributed by atoms with Crippen molar-refractivity contribution < 1.29 is 9.21 Å². The van der Waals surface area contributed by atoms with E-state index in [2.05, 4.69) is 15.5 Å². The lowest BCUT2D eigenvalue weighted by atomic mass is 10.2. The molecule has 0 saturated carbocycles. The van der Waals surface area contributed by atoms with Gasteiger partial charge in [0.25, 0.3) is 5.89 Å². The quantitative estimate of drug-likeness (QED) is 0.546. The summed E-state index contributed by atoms with van der Waals surface area (Å²) in [5.74, 6) is 1.03. The molecule has 4 aromatic rings. The maximum Gasteiger partial charge on any atom is 0.264 e. The third-order valence-corrected chi connectivity index (χ3v) is 4.60. The van der Waals surface area contributed by atoms with E-state index in [4.69, 9.17) is 4.42 Å². The lowest BCUT2D eigenvalue weighted by Gasteiger charge is -2.10. The van der Waals surface area contributed by atoms with Crippen molar-refractivity contribution in [3.63, 3.8) is 0 Å². The third-order valence-electron chi connectivity index (χ3n) is 4.60. The van der Waals surface area contributed by atoms with Gasteiger partial charge >= 0.3 is 0 Å². The Balaban J connectivity index is 1.68. The Hall–Kier alpha value is -3.41. The smallest absolute Gasteiger partial charge is 0.264 e. The van der Waals surface area contributed by atoms with Gasteiger partial charge in [-0.3, -0.25) is 4.79 Å². The van der Waals surface area contributed by atoms with Crippen LogP contribution in [0.2, 0.25) is 0 Å². The van der Waals surface area contributed by atoms with Crippen molar-refractivity contribution in [2.24, 2.45) is 0 Å². The number of carbonyl (C=O) groups is 1. The number of aromatic nitrogens is 3. The zero-order chi connectivity index (χ0) is 19.7. The van der Waals surface area contributed by atoms with E-state index in [1.807, 2.05) is 79.9 Å². The number of benzene rings is 2. The van der Waals surface area contributed by atoms with Gasteiger partial charge in [-0.1, -0.05) is 49.7 Å². The zero-order valence-electron chi connectivity index (χ0n) is 16.1. The monoisotopic (exact) mass is 374 g/mol. The lowest BCUT2D eigenvalue weighted by Crippen LogP contribution is -2.19. The molecular weight excluding hydrogens is 352 g/mol. The lowest BCUT2D eigenvalue weighted by molar-refractivity contribution is -0.116. The summed E-state index contributed by atoms with van der Waals surface area (Å²) < 4.78 is 7.75. The molecular formula is C22H22N4O2. The number of hydrogen-bond donors (Lipinski definition) is 1. The van der Waals surface area contributed by atoms with Crippen LogP contribution in [0.25, 0.3) is 22.5 Å². The van der Waals surface area contributed by atoms with Gasteiger partial charge < -0.3 is 14.3 Å². The van der Waals surface area contributed by atoms with Crippen LogP contribution in [0.4, 0.5) is 5.69 Å². The first-order valence-electron chi connectivity index (χ1n) is 9.30. The van der Waals surface area contributed by atoms with E-state index in [9.17, 15) is 4.79 Å². The molecule has 0 aliphatic carbocycles. The Morgan fingerprint density at radius 2 is 1.86 bits per heavy atom. The predicted octanol–water partition coefficient (Wildman–Crippen LogP) is 4.76. The number of hydrogen-bond acceptors (Lipinski definition) is 4. The molecule has 0 fully saturated rings. The average molecular weight is 374 g/mol. The van der Waals surface area contributed by atoms with E-state index >= 15 is 0 Å². The van der Waals surface area contributed by atoms with Crippen molar-refractivity contribution in [3.05, 3.63) is 66.1 Å². The molecule has 0 spiro atoms. The van der Waals surface area contributed by atoms with Crippen LogP contribution < -0.4 is 5.32 Å². The van der Waals surface area contributed by atoms with Crippen LogP contribution in [-0.4, -0.2) is 20.7 Å². The first-order chi connectivity index (χ1) is 13.5. The Morgan fingerprint density at radius 1 is 1.11 bits per heavy atom. The van der Waals surface area contributed by atoms with Crippen LogP contribution >= 0.6 is 0 Å². The molecule has 2 aromatic carbocycles. The van der Waals surface area contributed by atoms with Gasteiger partial charge in [0.2, 0.25) is 11.8 Å². The number of rotatable bonds is 5.